The fraction of sp³-hybridized carbons (Fsp3) is 0.417. The van der Waals surface area contributed by atoms with E-state index in [4.69, 9.17) is 11.6 Å². The minimum Gasteiger partial charge on any atom is -0.389 e. The van der Waals surface area contributed by atoms with Gasteiger partial charge in [-0.3, -0.25) is 4.79 Å². The number of rotatable bonds is 3. The van der Waals surface area contributed by atoms with E-state index in [2.05, 4.69) is 22.6 Å². The van der Waals surface area contributed by atoms with Crippen LogP contribution in [0.1, 0.15) is 24.2 Å². The lowest BCUT2D eigenvalue weighted by molar-refractivity contribution is 0.0368. The van der Waals surface area contributed by atoms with E-state index in [0.717, 1.165) is 3.57 Å². The van der Waals surface area contributed by atoms with Gasteiger partial charge in [0, 0.05) is 22.7 Å². The summed E-state index contributed by atoms with van der Waals surface area (Å²) in [5, 5.41) is 10.2. The average molecular weight is 368 g/mol. The predicted octanol–water partition coefficient (Wildman–Crippen LogP) is 2.79. The lowest BCUT2D eigenvalue weighted by Crippen LogP contribution is -2.39. The zero-order valence-electron chi connectivity index (χ0n) is 10.00. The smallest absolute Gasteiger partial charge is 0.253 e. The van der Waals surface area contributed by atoms with Gasteiger partial charge in [0.2, 0.25) is 0 Å². The summed E-state index contributed by atoms with van der Waals surface area (Å²) in [7, 11) is 1.66. The fourth-order valence-electron chi connectivity index (χ4n) is 1.50. The van der Waals surface area contributed by atoms with E-state index in [-0.39, 0.29) is 12.5 Å². The summed E-state index contributed by atoms with van der Waals surface area (Å²) in [5.74, 6) is -0.148. The standard InChI is InChI=1S/C12H15ClINO2/c1-12(2,17)7-15(3)11(16)8-4-5-10(14)9(13)6-8/h4-6,17H,7H2,1-3H3. The highest BCUT2D eigenvalue weighted by Gasteiger charge is 2.20. The summed E-state index contributed by atoms with van der Waals surface area (Å²) in [5.41, 5.74) is -0.376. The number of hydrogen-bond donors (Lipinski definition) is 1. The first kappa shape index (κ1) is 14.7. The van der Waals surface area contributed by atoms with Gasteiger partial charge in [0.1, 0.15) is 0 Å². The molecule has 94 valence electrons. The molecule has 0 atom stereocenters. The van der Waals surface area contributed by atoms with Gasteiger partial charge in [-0.1, -0.05) is 11.6 Å². The summed E-state index contributed by atoms with van der Waals surface area (Å²) in [6.45, 7) is 3.60. The van der Waals surface area contributed by atoms with Gasteiger partial charge in [-0.2, -0.15) is 0 Å². The zero-order chi connectivity index (χ0) is 13.2. The second-order valence-electron chi connectivity index (χ2n) is 4.60. The van der Waals surface area contributed by atoms with Crippen molar-refractivity contribution in [3.63, 3.8) is 0 Å². The van der Waals surface area contributed by atoms with Crippen LogP contribution >= 0.6 is 34.2 Å². The Morgan fingerprint density at radius 1 is 1.53 bits per heavy atom. The van der Waals surface area contributed by atoms with Crippen LogP contribution in [0, 0.1) is 3.57 Å². The molecular weight excluding hydrogens is 352 g/mol. The maximum absolute atomic E-state index is 12.0. The topological polar surface area (TPSA) is 40.5 Å². The first-order valence-corrected chi connectivity index (χ1v) is 6.59. The Bertz CT molecular complexity index is 429. The van der Waals surface area contributed by atoms with Gasteiger partial charge in [-0.15, -0.1) is 0 Å². The van der Waals surface area contributed by atoms with Crippen LogP contribution < -0.4 is 0 Å². The molecule has 0 unspecified atom stereocenters. The van der Waals surface area contributed by atoms with Gasteiger partial charge in [-0.25, -0.2) is 0 Å². The molecule has 5 heteroatoms. The third-order valence-corrected chi connectivity index (χ3v) is 3.71. The SMILES string of the molecule is CN(CC(C)(C)O)C(=O)c1ccc(I)c(Cl)c1. The van der Waals surface area contributed by atoms with Crippen molar-refractivity contribution >= 4 is 40.1 Å². The highest BCUT2D eigenvalue weighted by atomic mass is 127. The highest BCUT2D eigenvalue weighted by Crippen LogP contribution is 2.20. The predicted molar refractivity (Wildman–Crippen MR) is 77.4 cm³/mol. The van der Waals surface area contributed by atoms with Crippen molar-refractivity contribution in [1.29, 1.82) is 0 Å². The molecule has 1 aromatic rings. The number of nitrogens with zero attached hydrogens (tertiary/aromatic N) is 1. The van der Waals surface area contributed by atoms with E-state index in [9.17, 15) is 9.90 Å². The molecule has 0 saturated carbocycles. The Kier molecular flexibility index (Phi) is 4.80. The van der Waals surface area contributed by atoms with Crippen LogP contribution in [0.3, 0.4) is 0 Å². The van der Waals surface area contributed by atoms with Crippen LogP contribution in [0.4, 0.5) is 0 Å². The molecule has 17 heavy (non-hydrogen) atoms. The molecule has 1 amide bonds. The van der Waals surface area contributed by atoms with Crippen molar-refractivity contribution in [2.75, 3.05) is 13.6 Å². The molecule has 0 bridgehead atoms. The molecule has 0 saturated heterocycles. The molecule has 0 aliphatic rings. The molecule has 0 fully saturated rings. The minimum absolute atomic E-state index is 0.148. The van der Waals surface area contributed by atoms with Crippen LogP contribution in [0.2, 0.25) is 5.02 Å². The zero-order valence-corrected chi connectivity index (χ0v) is 12.9. The van der Waals surface area contributed by atoms with Crippen LogP contribution in [-0.4, -0.2) is 35.1 Å². The Balaban J connectivity index is 2.85. The normalized spacial score (nSPS) is 11.4. The monoisotopic (exact) mass is 367 g/mol. The van der Waals surface area contributed by atoms with Gasteiger partial charge < -0.3 is 10.0 Å². The number of aliphatic hydroxyl groups is 1. The Morgan fingerprint density at radius 3 is 2.59 bits per heavy atom. The quantitative estimate of drug-likeness (QED) is 0.835. The van der Waals surface area contributed by atoms with Crippen LogP contribution in [-0.2, 0) is 0 Å². The van der Waals surface area contributed by atoms with Gasteiger partial charge in [0.15, 0.2) is 0 Å². The van der Waals surface area contributed by atoms with Crippen molar-refractivity contribution < 1.29 is 9.90 Å². The summed E-state index contributed by atoms with van der Waals surface area (Å²) in [4.78, 5) is 13.5. The third kappa shape index (κ3) is 4.44. The number of likely N-dealkylation sites (N-methyl/N-ethyl adjacent to an activating group) is 1. The second-order valence-corrected chi connectivity index (χ2v) is 6.17. The average Bonchev–Trinajstić information content (AvgIpc) is 2.18. The molecule has 0 aliphatic carbocycles. The molecule has 1 aromatic carbocycles. The number of hydrogen-bond acceptors (Lipinski definition) is 2. The highest BCUT2D eigenvalue weighted by molar-refractivity contribution is 14.1. The van der Waals surface area contributed by atoms with E-state index in [1.54, 1.807) is 39.1 Å². The number of halogens is 2. The third-order valence-electron chi connectivity index (χ3n) is 2.14. The van der Waals surface area contributed by atoms with E-state index in [1.165, 1.54) is 4.90 Å². The Morgan fingerprint density at radius 2 is 2.12 bits per heavy atom. The second kappa shape index (κ2) is 5.54. The van der Waals surface area contributed by atoms with E-state index in [1.807, 2.05) is 0 Å². The van der Waals surface area contributed by atoms with Crippen LogP contribution in [0.5, 0.6) is 0 Å². The van der Waals surface area contributed by atoms with Gasteiger partial charge >= 0.3 is 0 Å². The minimum atomic E-state index is -0.905. The summed E-state index contributed by atoms with van der Waals surface area (Å²) < 4.78 is 0.908. The van der Waals surface area contributed by atoms with Gasteiger partial charge in [-0.05, 0) is 54.6 Å². The molecule has 0 aromatic heterocycles. The van der Waals surface area contributed by atoms with E-state index in [0.29, 0.717) is 10.6 Å². The van der Waals surface area contributed by atoms with Gasteiger partial charge in [0.05, 0.1) is 10.6 Å². The molecule has 3 nitrogen and oxygen atoms in total. The number of carbonyl (C=O) groups excluding carboxylic acids is 1. The Hall–Kier alpha value is -0.330. The largest absolute Gasteiger partial charge is 0.389 e. The maximum atomic E-state index is 12.0. The number of benzene rings is 1. The van der Waals surface area contributed by atoms with Crippen molar-refractivity contribution in [1.82, 2.24) is 4.90 Å². The van der Waals surface area contributed by atoms with Crippen molar-refractivity contribution in [3.8, 4) is 0 Å². The van der Waals surface area contributed by atoms with Crippen LogP contribution in [0.15, 0.2) is 18.2 Å². The molecule has 1 rings (SSSR count). The van der Waals surface area contributed by atoms with Crippen molar-refractivity contribution in [2.45, 2.75) is 19.4 Å². The summed E-state index contributed by atoms with van der Waals surface area (Å²) in [6, 6.07) is 5.18. The molecule has 0 heterocycles. The molecule has 0 aliphatic heterocycles. The fourth-order valence-corrected chi connectivity index (χ4v) is 2.02. The van der Waals surface area contributed by atoms with Crippen molar-refractivity contribution in [2.24, 2.45) is 0 Å². The van der Waals surface area contributed by atoms with Crippen LogP contribution in [0.25, 0.3) is 0 Å². The van der Waals surface area contributed by atoms with Crippen molar-refractivity contribution in [3.05, 3.63) is 32.4 Å². The first-order chi connectivity index (χ1) is 7.70. The van der Waals surface area contributed by atoms with E-state index >= 15 is 0 Å². The lowest BCUT2D eigenvalue weighted by Gasteiger charge is -2.25. The lowest BCUT2D eigenvalue weighted by atomic mass is 10.1. The van der Waals surface area contributed by atoms with Gasteiger partial charge in [0.25, 0.3) is 5.91 Å². The molecule has 1 N–H and O–H groups in total. The first-order valence-electron chi connectivity index (χ1n) is 5.13. The number of amides is 1. The maximum Gasteiger partial charge on any atom is 0.253 e. The molecule has 0 radical (unpaired) electrons. The molecule has 0 spiro atoms. The number of carbonyl (C=O) groups is 1. The Labute approximate surface area is 120 Å². The molecular formula is C12H15ClINO2. The van der Waals surface area contributed by atoms with E-state index < -0.39 is 5.60 Å². The summed E-state index contributed by atoms with van der Waals surface area (Å²) >= 11 is 8.08. The summed E-state index contributed by atoms with van der Waals surface area (Å²) in [6.07, 6.45) is 0.